The van der Waals surface area contributed by atoms with Crippen LogP contribution in [0.4, 0.5) is 14.9 Å². The molecule has 3 amide bonds. The topological polar surface area (TPSA) is 123 Å². The number of carbonyl (C=O) groups is 4. The molecule has 0 spiro atoms. The normalized spacial score (nSPS) is 13.8. The monoisotopic (exact) mass is 485 g/mol. The second kappa shape index (κ2) is 12.4. The summed E-state index contributed by atoms with van der Waals surface area (Å²) in [5.41, 5.74) is -0.302. The number of esters is 1. The van der Waals surface area contributed by atoms with Crippen LogP contribution in [0.25, 0.3) is 0 Å². The smallest absolute Gasteiger partial charge is 0.417 e. The molecule has 0 fully saturated rings. The molecule has 1 aromatic rings. The van der Waals surface area contributed by atoms with Crippen molar-refractivity contribution in [2.75, 3.05) is 12.4 Å². The fourth-order valence-electron chi connectivity index (χ4n) is 2.62. The number of halogens is 1. The Bertz CT molecular complexity index is 874. The van der Waals surface area contributed by atoms with Crippen molar-refractivity contribution in [3.63, 3.8) is 0 Å². The second-order valence-electron chi connectivity index (χ2n) is 8.30. The van der Waals surface area contributed by atoms with Gasteiger partial charge in [-0.05, 0) is 57.3 Å². The standard InChI is InChI=1S/C22H32FN3O6S/c1-8-17(27)25-18(20(29)31-7)12(2)14-9-10-16(15(23)11-14)24-19(28)13(3)33-26-21(30)32-22(4,5)6/h9-13,18H,8H2,1-7H3,(H,24,28)(H,25,27)(H,26,30)/t12-,13?,18+/m0/s1. The van der Waals surface area contributed by atoms with E-state index < -0.39 is 46.6 Å². The van der Waals surface area contributed by atoms with Gasteiger partial charge in [0.15, 0.2) is 0 Å². The van der Waals surface area contributed by atoms with E-state index in [2.05, 4.69) is 15.4 Å². The van der Waals surface area contributed by atoms with Gasteiger partial charge in [0.05, 0.1) is 12.8 Å². The number of carbonyl (C=O) groups excluding carboxylic acids is 4. The third-order valence-corrected chi connectivity index (χ3v) is 5.31. The van der Waals surface area contributed by atoms with Gasteiger partial charge < -0.3 is 20.1 Å². The van der Waals surface area contributed by atoms with Crippen LogP contribution in [0.3, 0.4) is 0 Å². The van der Waals surface area contributed by atoms with Crippen LogP contribution < -0.4 is 15.4 Å². The lowest BCUT2D eigenvalue weighted by Crippen LogP contribution is -2.44. The van der Waals surface area contributed by atoms with Gasteiger partial charge in [0.1, 0.15) is 22.7 Å². The quantitative estimate of drug-likeness (QED) is 0.361. The minimum absolute atomic E-state index is 0.0621. The molecule has 0 saturated carbocycles. The molecule has 3 N–H and O–H groups in total. The Kier molecular flexibility index (Phi) is 10.6. The molecule has 11 heteroatoms. The Balaban J connectivity index is 2.84. The average Bonchev–Trinajstić information content (AvgIpc) is 2.74. The summed E-state index contributed by atoms with van der Waals surface area (Å²) in [5, 5.41) is 4.31. The number of nitrogens with one attached hydrogen (secondary N) is 3. The minimum Gasteiger partial charge on any atom is -0.467 e. The van der Waals surface area contributed by atoms with E-state index in [0.717, 1.165) is 11.9 Å². The molecule has 1 unspecified atom stereocenters. The van der Waals surface area contributed by atoms with Gasteiger partial charge in [-0.1, -0.05) is 19.9 Å². The van der Waals surface area contributed by atoms with Crippen molar-refractivity contribution in [2.45, 2.75) is 70.8 Å². The first-order valence-electron chi connectivity index (χ1n) is 10.4. The van der Waals surface area contributed by atoms with Crippen LogP contribution in [-0.4, -0.2) is 47.9 Å². The highest BCUT2D eigenvalue weighted by atomic mass is 32.2. The van der Waals surface area contributed by atoms with E-state index >= 15 is 0 Å². The molecule has 0 aliphatic rings. The molecular weight excluding hydrogens is 453 g/mol. The second-order valence-corrected chi connectivity index (χ2v) is 9.45. The summed E-state index contributed by atoms with van der Waals surface area (Å²) in [6, 6.07) is 3.12. The summed E-state index contributed by atoms with van der Waals surface area (Å²) >= 11 is 0.833. The maximum absolute atomic E-state index is 14.7. The van der Waals surface area contributed by atoms with Gasteiger partial charge in [-0.25, -0.2) is 14.0 Å². The number of hydrogen-bond donors (Lipinski definition) is 3. The molecule has 0 saturated heterocycles. The summed E-state index contributed by atoms with van der Waals surface area (Å²) in [6.45, 7) is 9.99. The molecule has 0 bridgehead atoms. The van der Waals surface area contributed by atoms with Gasteiger partial charge in [-0.3, -0.25) is 14.3 Å². The predicted octanol–water partition coefficient (Wildman–Crippen LogP) is 3.50. The SMILES string of the molecule is CCC(=O)N[C@@H](C(=O)OC)[C@@H](C)c1ccc(NC(=O)C(C)SNC(=O)OC(C)(C)C)c(F)c1. The maximum Gasteiger partial charge on any atom is 0.417 e. The van der Waals surface area contributed by atoms with E-state index in [1.807, 2.05) is 0 Å². The zero-order valence-corrected chi connectivity index (χ0v) is 20.7. The van der Waals surface area contributed by atoms with Gasteiger partial charge >= 0.3 is 12.1 Å². The lowest BCUT2D eigenvalue weighted by molar-refractivity contribution is -0.145. The number of benzene rings is 1. The van der Waals surface area contributed by atoms with Crippen molar-refractivity contribution < 1.29 is 33.0 Å². The molecule has 0 radical (unpaired) electrons. The Morgan fingerprint density at radius 1 is 1.15 bits per heavy atom. The fraction of sp³-hybridized carbons (Fsp3) is 0.545. The van der Waals surface area contributed by atoms with E-state index in [9.17, 15) is 23.6 Å². The Hall–Kier alpha value is -2.82. The molecule has 9 nitrogen and oxygen atoms in total. The van der Waals surface area contributed by atoms with E-state index in [1.54, 1.807) is 47.6 Å². The number of anilines is 1. The van der Waals surface area contributed by atoms with Gasteiger partial charge in [-0.2, -0.15) is 0 Å². The van der Waals surface area contributed by atoms with Crippen LogP contribution in [0.1, 0.15) is 59.4 Å². The Labute approximate surface area is 197 Å². The third-order valence-electron chi connectivity index (χ3n) is 4.46. The van der Waals surface area contributed by atoms with Crippen LogP contribution in [0, 0.1) is 5.82 Å². The van der Waals surface area contributed by atoms with E-state index in [-0.39, 0.29) is 18.0 Å². The maximum atomic E-state index is 14.7. The zero-order chi connectivity index (χ0) is 25.3. The minimum atomic E-state index is -0.988. The largest absolute Gasteiger partial charge is 0.467 e. The first kappa shape index (κ1) is 28.2. The van der Waals surface area contributed by atoms with Gasteiger partial charge in [0.2, 0.25) is 11.8 Å². The highest BCUT2D eigenvalue weighted by molar-refractivity contribution is 7.99. The molecule has 1 rings (SSSR count). The summed E-state index contributed by atoms with van der Waals surface area (Å²) in [4.78, 5) is 48.0. The molecule has 1 aromatic carbocycles. The van der Waals surface area contributed by atoms with E-state index in [4.69, 9.17) is 9.47 Å². The van der Waals surface area contributed by atoms with Crippen LogP contribution in [0.2, 0.25) is 0 Å². The lowest BCUT2D eigenvalue weighted by atomic mass is 9.92. The molecule has 0 aromatic heterocycles. The van der Waals surface area contributed by atoms with Crippen molar-refractivity contribution in [1.29, 1.82) is 0 Å². The van der Waals surface area contributed by atoms with Crippen LogP contribution in [0.15, 0.2) is 18.2 Å². The van der Waals surface area contributed by atoms with Crippen molar-refractivity contribution >= 4 is 41.5 Å². The highest BCUT2D eigenvalue weighted by Gasteiger charge is 2.29. The van der Waals surface area contributed by atoms with Gasteiger partial charge in [0.25, 0.3) is 0 Å². The lowest BCUT2D eigenvalue weighted by Gasteiger charge is -2.23. The number of hydrogen-bond acceptors (Lipinski definition) is 7. The molecular formula is C22H32FN3O6S. The van der Waals surface area contributed by atoms with Crippen molar-refractivity contribution in [3.05, 3.63) is 29.6 Å². The predicted molar refractivity (Wildman–Crippen MR) is 124 cm³/mol. The number of rotatable bonds is 9. The molecule has 0 aliphatic heterocycles. The molecule has 0 aliphatic carbocycles. The molecule has 33 heavy (non-hydrogen) atoms. The summed E-state index contributed by atoms with van der Waals surface area (Å²) in [6.07, 6.45) is -0.509. The van der Waals surface area contributed by atoms with Crippen molar-refractivity contribution in [2.24, 2.45) is 0 Å². The summed E-state index contributed by atoms with van der Waals surface area (Å²) < 4.78 is 27.0. The Morgan fingerprint density at radius 2 is 1.79 bits per heavy atom. The summed E-state index contributed by atoms with van der Waals surface area (Å²) in [7, 11) is 1.20. The number of amides is 3. The number of methoxy groups -OCH3 is 1. The summed E-state index contributed by atoms with van der Waals surface area (Å²) in [5.74, 6) is -2.81. The molecule has 184 valence electrons. The Morgan fingerprint density at radius 3 is 2.30 bits per heavy atom. The molecule has 0 heterocycles. The molecule has 3 atom stereocenters. The van der Waals surface area contributed by atoms with E-state index in [1.165, 1.54) is 19.2 Å². The van der Waals surface area contributed by atoms with Crippen molar-refractivity contribution in [1.82, 2.24) is 10.0 Å². The van der Waals surface area contributed by atoms with Crippen LogP contribution >= 0.6 is 11.9 Å². The fourth-order valence-corrected chi connectivity index (χ4v) is 3.10. The van der Waals surface area contributed by atoms with Gasteiger partial charge in [0, 0.05) is 12.3 Å². The third kappa shape index (κ3) is 9.29. The number of ether oxygens (including phenoxy) is 2. The highest BCUT2D eigenvalue weighted by Crippen LogP contribution is 2.25. The van der Waals surface area contributed by atoms with Crippen LogP contribution in [-0.2, 0) is 23.9 Å². The zero-order valence-electron chi connectivity index (χ0n) is 19.9. The van der Waals surface area contributed by atoms with Gasteiger partial charge in [-0.15, -0.1) is 0 Å². The first-order chi connectivity index (χ1) is 15.3. The van der Waals surface area contributed by atoms with Crippen molar-refractivity contribution in [3.8, 4) is 0 Å². The average molecular weight is 486 g/mol. The van der Waals surface area contributed by atoms with Crippen LogP contribution in [0.5, 0.6) is 0 Å². The van der Waals surface area contributed by atoms with E-state index in [0.29, 0.717) is 5.56 Å². The first-order valence-corrected chi connectivity index (χ1v) is 11.3.